The highest BCUT2D eigenvalue weighted by atomic mass is 79.9. The van der Waals surface area contributed by atoms with Gasteiger partial charge in [-0.1, -0.05) is 46.3 Å². The molecule has 0 saturated carbocycles. The molecule has 1 rings (SSSR count). The Hall–Kier alpha value is -1.36. The maximum absolute atomic E-state index is 11.7. The summed E-state index contributed by atoms with van der Waals surface area (Å²) in [7, 11) is 1.32. The topological polar surface area (TPSA) is 52.6 Å². The molecule has 0 spiro atoms. The lowest BCUT2D eigenvalue weighted by atomic mass is 10.0. The maximum Gasteiger partial charge on any atom is 0.309 e. The molecule has 0 aromatic heterocycles. The van der Waals surface area contributed by atoms with Crippen molar-refractivity contribution in [2.24, 2.45) is 5.92 Å². The second-order valence-electron chi connectivity index (χ2n) is 4.05. The molecule has 0 aliphatic rings. The van der Waals surface area contributed by atoms with Crippen LogP contribution < -0.4 is 0 Å². The second kappa shape index (κ2) is 8.69. The van der Waals surface area contributed by atoms with Gasteiger partial charge in [-0.2, -0.15) is 0 Å². The Labute approximate surface area is 121 Å². The third kappa shape index (κ3) is 5.87. The van der Waals surface area contributed by atoms with Crippen molar-refractivity contribution in [2.45, 2.75) is 19.4 Å². The van der Waals surface area contributed by atoms with Crippen LogP contribution in [-0.2, 0) is 25.7 Å². The Morgan fingerprint density at radius 3 is 2.53 bits per heavy atom. The van der Waals surface area contributed by atoms with Gasteiger partial charge in [-0.15, -0.1) is 0 Å². The molecule has 0 radical (unpaired) electrons. The molecule has 0 aliphatic heterocycles. The van der Waals surface area contributed by atoms with Crippen molar-refractivity contribution in [3.8, 4) is 0 Å². The van der Waals surface area contributed by atoms with Crippen LogP contribution in [0.5, 0.6) is 0 Å². The zero-order chi connectivity index (χ0) is 14.1. The lowest BCUT2D eigenvalue weighted by molar-refractivity contribution is -0.154. The van der Waals surface area contributed by atoms with Crippen LogP contribution >= 0.6 is 15.9 Å². The number of ether oxygens (including phenoxy) is 2. The van der Waals surface area contributed by atoms with Crippen molar-refractivity contribution in [1.82, 2.24) is 0 Å². The minimum atomic E-state index is -0.451. The predicted molar refractivity (Wildman–Crippen MR) is 74.8 cm³/mol. The number of esters is 2. The Bertz CT molecular complexity index is 405. The molecule has 0 bridgehead atoms. The Kier molecular flexibility index (Phi) is 7.18. The highest BCUT2D eigenvalue weighted by Gasteiger charge is 2.22. The number of methoxy groups -OCH3 is 1. The number of hydrogen-bond donors (Lipinski definition) is 0. The molecule has 0 N–H and O–H groups in total. The highest BCUT2D eigenvalue weighted by molar-refractivity contribution is 9.09. The van der Waals surface area contributed by atoms with E-state index in [0.29, 0.717) is 11.8 Å². The third-order valence-electron chi connectivity index (χ3n) is 2.65. The molecule has 0 saturated heterocycles. The summed E-state index contributed by atoms with van der Waals surface area (Å²) in [6, 6.07) is 9.41. The monoisotopic (exact) mass is 328 g/mol. The van der Waals surface area contributed by atoms with Gasteiger partial charge >= 0.3 is 11.9 Å². The van der Waals surface area contributed by atoms with Crippen LogP contribution in [0.25, 0.3) is 0 Å². The molecule has 5 heteroatoms. The van der Waals surface area contributed by atoms with E-state index in [0.717, 1.165) is 5.56 Å². The fraction of sp³-hybridized carbons (Fsp3) is 0.429. The first-order valence-electron chi connectivity index (χ1n) is 6.00. The van der Waals surface area contributed by atoms with Crippen molar-refractivity contribution >= 4 is 27.9 Å². The largest absolute Gasteiger partial charge is 0.469 e. The standard InChI is InChI=1S/C14H17BrO4/c1-18-14(17)12(7-8-15)9-13(16)19-10-11-5-3-2-4-6-11/h2-6,12H,7-10H2,1H3/t12-/m1/s1. The predicted octanol–water partition coefficient (Wildman–Crippen LogP) is 2.69. The van der Waals surface area contributed by atoms with Crippen molar-refractivity contribution in [2.75, 3.05) is 12.4 Å². The molecule has 0 heterocycles. The van der Waals surface area contributed by atoms with Gasteiger partial charge in [-0.05, 0) is 12.0 Å². The van der Waals surface area contributed by atoms with Crippen molar-refractivity contribution < 1.29 is 19.1 Å². The number of hydrogen-bond acceptors (Lipinski definition) is 4. The first kappa shape index (κ1) is 15.7. The van der Waals surface area contributed by atoms with Crippen LogP contribution in [0.2, 0.25) is 0 Å². The van der Waals surface area contributed by atoms with E-state index in [1.165, 1.54) is 7.11 Å². The summed E-state index contributed by atoms with van der Waals surface area (Å²) in [4.78, 5) is 23.1. The van der Waals surface area contributed by atoms with Crippen molar-refractivity contribution in [3.05, 3.63) is 35.9 Å². The average molecular weight is 329 g/mol. The molecule has 1 aromatic carbocycles. The van der Waals surface area contributed by atoms with Crippen LogP contribution in [0.3, 0.4) is 0 Å². The van der Waals surface area contributed by atoms with Gasteiger partial charge in [0.15, 0.2) is 0 Å². The number of carbonyl (C=O) groups is 2. The molecule has 4 nitrogen and oxygen atoms in total. The Balaban J connectivity index is 2.42. The van der Waals surface area contributed by atoms with E-state index in [9.17, 15) is 9.59 Å². The SMILES string of the molecule is COC(=O)[C@H](CCBr)CC(=O)OCc1ccccc1. The first-order valence-corrected chi connectivity index (χ1v) is 7.13. The minimum absolute atomic E-state index is 0.0467. The van der Waals surface area contributed by atoms with E-state index in [4.69, 9.17) is 4.74 Å². The fourth-order valence-corrected chi connectivity index (χ4v) is 2.15. The summed E-state index contributed by atoms with van der Waals surface area (Å²) in [5.74, 6) is -1.22. The van der Waals surface area contributed by atoms with Gasteiger partial charge in [0.05, 0.1) is 19.4 Å². The number of rotatable bonds is 7. The van der Waals surface area contributed by atoms with Crippen LogP contribution in [-0.4, -0.2) is 24.4 Å². The van der Waals surface area contributed by atoms with Gasteiger partial charge in [0.1, 0.15) is 6.61 Å². The molecule has 1 aromatic rings. The van der Waals surface area contributed by atoms with Crippen molar-refractivity contribution in [1.29, 1.82) is 0 Å². The van der Waals surface area contributed by atoms with E-state index in [1.807, 2.05) is 30.3 Å². The summed E-state index contributed by atoms with van der Waals surface area (Å²) >= 11 is 3.25. The van der Waals surface area contributed by atoms with E-state index in [-0.39, 0.29) is 25.0 Å². The normalized spacial score (nSPS) is 11.7. The molecule has 0 unspecified atom stereocenters. The molecular weight excluding hydrogens is 312 g/mol. The van der Waals surface area contributed by atoms with Gasteiger partial charge in [0.25, 0.3) is 0 Å². The summed E-state index contributed by atoms with van der Waals surface area (Å²) in [6.45, 7) is 0.224. The Morgan fingerprint density at radius 2 is 1.95 bits per heavy atom. The zero-order valence-corrected chi connectivity index (χ0v) is 12.4. The molecule has 0 fully saturated rings. The van der Waals surface area contributed by atoms with Gasteiger partial charge in [-0.3, -0.25) is 9.59 Å². The number of halogens is 1. The quantitative estimate of drug-likeness (QED) is 0.570. The molecular formula is C14H17BrO4. The number of benzene rings is 1. The summed E-state index contributed by atoms with van der Waals surface area (Å²) in [6.07, 6.45) is 0.595. The maximum atomic E-state index is 11.7. The lowest BCUT2D eigenvalue weighted by Gasteiger charge is -2.12. The van der Waals surface area contributed by atoms with Gasteiger partial charge in [0.2, 0.25) is 0 Å². The smallest absolute Gasteiger partial charge is 0.309 e. The van der Waals surface area contributed by atoms with Crippen LogP contribution in [0, 0.1) is 5.92 Å². The van der Waals surface area contributed by atoms with Gasteiger partial charge in [-0.25, -0.2) is 0 Å². The van der Waals surface area contributed by atoms with Gasteiger partial charge < -0.3 is 9.47 Å². The summed E-state index contributed by atoms with van der Waals surface area (Å²) in [5.41, 5.74) is 0.922. The molecule has 19 heavy (non-hydrogen) atoms. The van der Waals surface area contributed by atoms with E-state index in [1.54, 1.807) is 0 Å². The molecule has 0 aliphatic carbocycles. The van der Waals surface area contributed by atoms with Gasteiger partial charge in [0, 0.05) is 5.33 Å². The van der Waals surface area contributed by atoms with E-state index < -0.39 is 5.92 Å². The second-order valence-corrected chi connectivity index (χ2v) is 4.84. The number of alkyl halides is 1. The van der Waals surface area contributed by atoms with Crippen LogP contribution in [0.15, 0.2) is 30.3 Å². The lowest BCUT2D eigenvalue weighted by Crippen LogP contribution is -2.21. The highest BCUT2D eigenvalue weighted by Crippen LogP contribution is 2.14. The zero-order valence-electron chi connectivity index (χ0n) is 10.8. The average Bonchev–Trinajstić information content (AvgIpc) is 2.45. The summed E-state index contributed by atoms with van der Waals surface area (Å²) in [5, 5.41) is 0.638. The third-order valence-corrected chi connectivity index (χ3v) is 3.11. The summed E-state index contributed by atoms with van der Waals surface area (Å²) < 4.78 is 9.80. The van der Waals surface area contributed by atoms with E-state index in [2.05, 4.69) is 20.7 Å². The minimum Gasteiger partial charge on any atom is -0.469 e. The van der Waals surface area contributed by atoms with Crippen molar-refractivity contribution in [3.63, 3.8) is 0 Å². The first-order chi connectivity index (χ1) is 9.17. The van der Waals surface area contributed by atoms with Crippen LogP contribution in [0.4, 0.5) is 0 Å². The fourth-order valence-electron chi connectivity index (χ4n) is 1.60. The number of carbonyl (C=O) groups excluding carboxylic acids is 2. The molecule has 104 valence electrons. The molecule has 1 atom stereocenters. The Morgan fingerprint density at radius 1 is 1.26 bits per heavy atom. The molecule has 0 amide bonds. The van der Waals surface area contributed by atoms with Crippen LogP contribution in [0.1, 0.15) is 18.4 Å². The van der Waals surface area contributed by atoms with E-state index >= 15 is 0 Å².